The van der Waals surface area contributed by atoms with Crippen molar-refractivity contribution in [2.24, 2.45) is 0 Å². The number of aromatic nitrogens is 1. The summed E-state index contributed by atoms with van der Waals surface area (Å²) in [7, 11) is 0. The highest BCUT2D eigenvalue weighted by Crippen LogP contribution is 2.25. The van der Waals surface area contributed by atoms with Gasteiger partial charge in [0.05, 0.1) is 18.9 Å². The predicted octanol–water partition coefficient (Wildman–Crippen LogP) is 2.78. The third-order valence-corrected chi connectivity index (χ3v) is 3.07. The van der Waals surface area contributed by atoms with Crippen molar-refractivity contribution in [3.8, 4) is 5.75 Å². The van der Waals surface area contributed by atoms with Crippen molar-refractivity contribution in [1.29, 1.82) is 0 Å². The third kappa shape index (κ3) is 2.26. The van der Waals surface area contributed by atoms with E-state index in [9.17, 15) is 0 Å². The van der Waals surface area contributed by atoms with E-state index in [-0.39, 0.29) is 0 Å². The number of hydrogen-bond acceptors (Lipinski definition) is 4. The van der Waals surface area contributed by atoms with Crippen LogP contribution in [0, 0.1) is 0 Å². The molecule has 0 amide bonds. The second-order valence-corrected chi connectivity index (χ2v) is 4.27. The standard InChI is InChI=1S/C13H15NO3/c1-3-10-9-14-17-13(10)12(5-1)16-8-6-11-4-2-7-15-11/h1,3,5,9,11H,2,4,6-8H2/t11-/m1/s1. The van der Waals surface area contributed by atoms with E-state index in [1.54, 1.807) is 6.20 Å². The minimum atomic E-state index is 0.365. The lowest BCUT2D eigenvalue weighted by atomic mass is 10.2. The number of fused-ring (bicyclic) bond motifs is 1. The van der Waals surface area contributed by atoms with Gasteiger partial charge in [0, 0.05) is 18.4 Å². The summed E-state index contributed by atoms with van der Waals surface area (Å²) in [5.74, 6) is 0.762. The predicted molar refractivity (Wildman–Crippen MR) is 63.1 cm³/mol. The Labute approximate surface area is 99.5 Å². The topological polar surface area (TPSA) is 44.5 Å². The first-order valence-electron chi connectivity index (χ1n) is 6.01. The van der Waals surface area contributed by atoms with Crippen molar-refractivity contribution < 1.29 is 14.0 Å². The molecule has 3 rings (SSSR count). The zero-order valence-electron chi connectivity index (χ0n) is 9.59. The summed E-state index contributed by atoms with van der Waals surface area (Å²) in [6, 6.07) is 5.81. The van der Waals surface area contributed by atoms with Gasteiger partial charge in [-0.15, -0.1) is 0 Å². The molecule has 0 N–H and O–H groups in total. The first kappa shape index (κ1) is 10.6. The van der Waals surface area contributed by atoms with Gasteiger partial charge in [0.25, 0.3) is 0 Å². The van der Waals surface area contributed by atoms with Gasteiger partial charge in [0.2, 0.25) is 5.58 Å². The van der Waals surface area contributed by atoms with E-state index in [1.165, 1.54) is 6.42 Å². The molecule has 4 heteroatoms. The van der Waals surface area contributed by atoms with Gasteiger partial charge in [-0.3, -0.25) is 0 Å². The fourth-order valence-corrected chi connectivity index (χ4v) is 2.15. The van der Waals surface area contributed by atoms with Crippen molar-refractivity contribution in [1.82, 2.24) is 5.16 Å². The number of hydrogen-bond donors (Lipinski definition) is 0. The van der Waals surface area contributed by atoms with E-state index >= 15 is 0 Å². The van der Waals surface area contributed by atoms with Crippen LogP contribution in [0.5, 0.6) is 5.75 Å². The number of nitrogens with zero attached hydrogens (tertiary/aromatic N) is 1. The van der Waals surface area contributed by atoms with Crippen LogP contribution in [0.4, 0.5) is 0 Å². The Bertz CT molecular complexity index is 488. The molecule has 1 aliphatic heterocycles. The normalized spacial score (nSPS) is 19.9. The summed E-state index contributed by atoms with van der Waals surface area (Å²) < 4.78 is 16.4. The molecule has 1 saturated heterocycles. The molecule has 0 spiro atoms. The van der Waals surface area contributed by atoms with Crippen LogP contribution in [-0.2, 0) is 4.74 Å². The zero-order chi connectivity index (χ0) is 11.5. The smallest absolute Gasteiger partial charge is 0.208 e. The van der Waals surface area contributed by atoms with Gasteiger partial charge in [-0.1, -0.05) is 11.2 Å². The summed E-state index contributed by atoms with van der Waals surface area (Å²) in [6.45, 7) is 1.55. The monoisotopic (exact) mass is 233 g/mol. The molecule has 1 aliphatic rings. The fourth-order valence-electron chi connectivity index (χ4n) is 2.15. The maximum absolute atomic E-state index is 5.73. The van der Waals surface area contributed by atoms with Crippen molar-refractivity contribution >= 4 is 11.0 Å². The van der Waals surface area contributed by atoms with E-state index in [0.29, 0.717) is 12.7 Å². The van der Waals surface area contributed by atoms with E-state index in [4.69, 9.17) is 14.0 Å². The highest BCUT2D eigenvalue weighted by molar-refractivity contribution is 5.81. The van der Waals surface area contributed by atoms with Gasteiger partial charge < -0.3 is 14.0 Å². The first-order chi connectivity index (χ1) is 8.43. The zero-order valence-corrected chi connectivity index (χ0v) is 9.59. The largest absolute Gasteiger partial charge is 0.489 e. The minimum Gasteiger partial charge on any atom is -0.489 e. The number of rotatable bonds is 4. The molecule has 1 atom stereocenters. The molecule has 0 aliphatic carbocycles. The molecule has 1 aromatic carbocycles. The molecule has 0 unspecified atom stereocenters. The molecule has 1 aromatic heterocycles. The van der Waals surface area contributed by atoms with Crippen LogP contribution >= 0.6 is 0 Å². The van der Waals surface area contributed by atoms with Crippen LogP contribution in [-0.4, -0.2) is 24.5 Å². The van der Waals surface area contributed by atoms with Crippen molar-refractivity contribution in [2.75, 3.05) is 13.2 Å². The van der Waals surface area contributed by atoms with Gasteiger partial charge in [0.15, 0.2) is 5.75 Å². The van der Waals surface area contributed by atoms with Crippen molar-refractivity contribution in [2.45, 2.75) is 25.4 Å². The summed E-state index contributed by atoms with van der Waals surface area (Å²) in [5.41, 5.74) is 0.722. The highest BCUT2D eigenvalue weighted by atomic mass is 16.5. The molecule has 0 saturated carbocycles. The molecule has 1 fully saturated rings. The number of para-hydroxylation sites is 1. The Morgan fingerprint density at radius 2 is 2.41 bits per heavy atom. The maximum atomic E-state index is 5.73. The van der Waals surface area contributed by atoms with Gasteiger partial charge in [-0.2, -0.15) is 0 Å². The SMILES string of the molecule is c1cc(OCC[C@H]2CCCO2)c2oncc2c1. The average Bonchev–Trinajstić information content (AvgIpc) is 2.99. The Morgan fingerprint density at radius 3 is 3.29 bits per heavy atom. The highest BCUT2D eigenvalue weighted by Gasteiger charge is 2.15. The van der Waals surface area contributed by atoms with Crippen LogP contribution in [0.3, 0.4) is 0 Å². The van der Waals surface area contributed by atoms with Crippen molar-refractivity contribution in [3.05, 3.63) is 24.4 Å². The third-order valence-electron chi connectivity index (χ3n) is 3.07. The molecule has 0 bridgehead atoms. The van der Waals surface area contributed by atoms with Crippen LogP contribution < -0.4 is 4.74 Å². The van der Waals surface area contributed by atoms with E-state index < -0.39 is 0 Å². The quantitative estimate of drug-likeness (QED) is 0.814. The second kappa shape index (κ2) is 4.75. The van der Waals surface area contributed by atoms with Crippen LogP contribution in [0.25, 0.3) is 11.0 Å². The molecule has 2 aromatic rings. The minimum absolute atomic E-state index is 0.365. The van der Waals surface area contributed by atoms with Crippen LogP contribution in [0.1, 0.15) is 19.3 Å². The Morgan fingerprint density at radius 1 is 1.41 bits per heavy atom. The molecule has 2 heterocycles. The molecular formula is C13H15NO3. The second-order valence-electron chi connectivity index (χ2n) is 4.27. The average molecular weight is 233 g/mol. The number of benzene rings is 1. The molecule has 90 valence electrons. The van der Waals surface area contributed by atoms with Gasteiger partial charge in [0.1, 0.15) is 0 Å². The molecule has 0 radical (unpaired) electrons. The lowest BCUT2D eigenvalue weighted by Gasteiger charge is -2.10. The van der Waals surface area contributed by atoms with E-state index in [0.717, 1.165) is 36.2 Å². The Balaban J connectivity index is 1.62. The van der Waals surface area contributed by atoms with E-state index in [2.05, 4.69) is 5.16 Å². The van der Waals surface area contributed by atoms with Crippen molar-refractivity contribution in [3.63, 3.8) is 0 Å². The molecule has 4 nitrogen and oxygen atoms in total. The lowest BCUT2D eigenvalue weighted by Crippen LogP contribution is -2.10. The van der Waals surface area contributed by atoms with Crippen LogP contribution in [0.15, 0.2) is 28.9 Å². The molecule has 17 heavy (non-hydrogen) atoms. The van der Waals surface area contributed by atoms with Gasteiger partial charge in [-0.25, -0.2) is 0 Å². The van der Waals surface area contributed by atoms with Crippen LogP contribution in [0.2, 0.25) is 0 Å². The summed E-state index contributed by atoms with van der Waals surface area (Å²) in [6.07, 6.45) is 5.31. The Hall–Kier alpha value is -1.55. The maximum Gasteiger partial charge on any atom is 0.208 e. The van der Waals surface area contributed by atoms with E-state index in [1.807, 2.05) is 18.2 Å². The first-order valence-corrected chi connectivity index (χ1v) is 6.01. The molecular weight excluding hydrogens is 218 g/mol. The number of ether oxygens (including phenoxy) is 2. The fraction of sp³-hybridized carbons (Fsp3) is 0.462. The Kier molecular flexibility index (Phi) is 2.96. The summed E-state index contributed by atoms with van der Waals surface area (Å²) in [4.78, 5) is 0. The summed E-state index contributed by atoms with van der Waals surface area (Å²) in [5, 5.41) is 4.74. The summed E-state index contributed by atoms with van der Waals surface area (Å²) >= 11 is 0. The van der Waals surface area contributed by atoms with Gasteiger partial charge in [-0.05, 0) is 25.0 Å². The van der Waals surface area contributed by atoms with Gasteiger partial charge >= 0.3 is 0 Å². The lowest BCUT2D eigenvalue weighted by molar-refractivity contribution is 0.0903.